The third-order valence-corrected chi connectivity index (χ3v) is 5.15. The fraction of sp³-hybridized carbons (Fsp3) is 0.389. The van der Waals surface area contributed by atoms with Crippen molar-refractivity contribution in [3.63, 3.8) is 0 Å². The maximum absolute atomic E-state index is 14.4. The highest BCUT2D eigenvalue weighted by Crippen LogP contribution is 2.28. The minimum absolute atomic E-state index is 0.0525. The number of anilines is 2. The molecule has 28 heavy (non-hydrogen) atoms. The lowest BCUT2D eigenvalue weighted by atomic mass is 10.1. The van der Waals surface area contributed by atoms with Crippen molar-refractivity contribution < 1.29 is 23.4 Å². The second-order valence-corrected chi connectivity index (χ2v) is 7.25. The molecule has 2 aromatic rings. The maximum atomic E-state index is 14.4. The Kier molecular flexibility index (Phi) is 6.09. The number of hydrogen-bond donors (Lipinski definition) is 2. The summed E-state index contributed by atoms with van der Waals surface area (Å²) in [6.07, 6.45) is -0.381. The van der Waals surface area contributed by atoms with E-state index in [1.807, 2.05) is 0 Å². The largest absolute Gasteiger partial charge is 0.447 e. The minimum Gasteiger partial charge on any atom is -0.447 e. The van der Waals surface area contributed by atoms with Crippen molar-refractivity contribution in [3.05, 3.63) is 46.1 Å². The Morgan fingerprint density at radius 3 is 2.86 bits per heavy atom. The molecule has 1 amide bonds. The number of aliphatic hydroxyl groups excluding tert-OH is 1. The van der Waals surface area contributed by atoms with Gasteiger partial charge in [0.25, 0.3) is 0 Å². The number of amides is 1. The lowest BCUT2D eigenvalue weighted by Gasteiger charge is -2.24. The lowest BCUT2D eigenvalue weighted by Crippen LogP contribution is -2.43. The SMILES string of the molecule is CC[C@@H](O)[C@H]1COC(=O)N1c1nc(N[C@@H](C)c2ccc(Br)c(F)c2)ncc1F. The first-order valence-corrected chi connectivity index (χ1v) is 9.49. The highest BCUT2D eigenvalue weighted by Gasteiger charge is 2.40. The number of halogens is 3. The van der Waals surface area contributed by atoms with Gasteiger partial charge in [0.1, 0.15) is 18.5 Å². The van der Waals surface area contributed by atoms with E-state index in [-0.39, 0.29) is 24.4 Å². The van der Waals surface area contributed by atoms with E-state index < -0.39 is 29.9 Å². The zero-order valence-electron chi connectivity index (χ0n) is 15.2. The number of nitrogens with one attached hydrogen (secondary N) is 1. The Morgan fingerprint density at radius 2 is 2.18 bits per heavy atom. The van der Waals surface area contributed by atoms with Gasteiger partial charge in [0.15, 0.2) is 11.6 Å². The van der Waals surface area contributed by atoms with Crippen LogP contribution in [0.4, 0.5) is 25.3 Å². The van der Waals surface area contributed by atoms with E-state index in [9.17, 15) is 18.7 Å². The van der Waals surface area contributed by atoms with Crippen LogP contribution < -0.4 is 10.2 Å². The number of ether oxygens (including phenoxy) is 1. The molecule has 0 bridgehead atoms. The number of aliphatic hydroxyl groups is 1. The fourth-order valence-electron chi connectivity index (χ4n) is 2.89. The van der Waals surface area contributed by atoms with E-state index in [0.29, 0.717) is 16.5 Å². The lowest BCUT2D eigenvalue weighted by molar-refractivity contribution is 0.125. The van der Waals surface area contributed by atoms with E-state index >= 15 is 0 Å². The van der Waals surface area contributed by atoms with E-state index in [0.717, 1.165) is 11.1 Å². The van der Waals surface area contributed by atoms with Crippen LogP contribution in [0.5, 0.6) is 0 Å². The van der Waals surface area contributed by atoms with Crippen LogP contribution in [0.1, 0.15) is 31.9 Å². The van der Waals surface area contributed by atoms with Crippen LogP contribution in [0.3, 0.4) is 0 Å². The van der Waals surface area contributed by atoms with Crippen molar-refractivity contribution in [1.82, 2.24) is 9.97 Å². The highest BCUT2D eigenvalue weighted by atomic mass is 79.9. The van der Waals surface area contributed by atoms with Crippen molar-refractivity contribution in [2.75, 3.05) is 16.8 Å². The van der Waals surface area contributed by atoms with Gasteiger partial charge in [-0.25, -0.2) is 23.5 Å². The second-order valence-electron chi connectivity index (χ2n) is 6.39. The van der Waals surface area contributed by atoms with Gasteiger partial charge in [0.2, 0.25) is 5.95 Å². The zero-order valence-corrected chi connectivity index (χ0v) is 16.8. The molecule has 2 N–H and O–H groups in total. The molecule has 0 spiro atoms. The Balaban J connectivity index is 1.86. The number of rotatable bonds is 6. The number of carbonyl (C=O) groups is 1. The molecule has 0 saturated carbocycles. The maximum Gasteiger partial charge on any atom is 0.416 e. The molecule has 0 unspecified atom stereocenters. The van der Waals surface area contributed by atoms with Crippen LogP contribution in [0, 0.1) is 11.6 Å². The number of carbonyl (C=O) groups excluding carboxylic acids is 1. The summed E-state index contributed by atoms with van der Waals surface area (Å²) in [7, 11) is 0. The van der Waals surface area contributed by atoms with Crippen LogP contribution >= 0.6 is 15.9 Å². The second kappa shape index (κ2) is 8.36. The summed E-state index contributed by atoms with van der Waals surface area (Å²) >= 11 is 3.10. The van der Waals surface area contributed by atoms with Gasteiger partial charge in [-0.05, 0) is 47.0 Å². The van der Waals surface area contributed by atoms with Crippen molar-refractivity contribution in [2.45, 2.75) is 38.5 Å². The van der Waals surface area contributed by atoms with Gasteiger partial charge in [-0.3, -0.25) is 0 Å². The van der Waals surface area contributed by atoms with Gasteiger partial charge in [-0.15, -0.1) is 0 Å². The molecule has 7 nitrogen and oxygen atoms in total. The van der Waals surface area contributed by atoms with Crippen LogP contribution in [0.25, 0.3) is 0 Å². The molecule has 3 rings (SSSR count). The molecule has 1 aromatic carbocycles. The third-order valence-electron chi connectivity index (χ3n) is 4.51. The zero-order chi connectivity index (χ0) is 20.4. The van der Waals surface area contributed by atoms with Gasteiger partial charge in [0, 0.05) is 0 Å². The molecule has 0 radical (unpaired) electrons. The average Bonchev–Trinajstić information content (AvgIpc) is 3.06. The molecule has 1 aromatic heterocycles. The molecular formula is C18H19BrF2N4O3. The topological polar surface area (TPSA) is 87.6 Å². The quantitative estimate of drug-likeness (QED) is 0.687. The molecule has 10 heteroatoms. The number of aromatic nitrogens is 2. The van der Waals surface area contributed by atoms with Crippen molar-refractivity contribution in [2.24, 2.45) is 0 Å². The van der Waals surface area contributed by atoms with Crippen molar-refractivity contribution >= 4 is 33.8 Å². The summed E-state index contributed by atoms with van der Waals surface area (Å²) in [5.74, 6) is -1.47. The summed E-state index contributed by atoms with van der Waals surface area (Å²) < 4.78 is 33.4. The van der Waals surface area contributed by atoms with Crippen LogP contribution in [0.15, 0.2) is 28.9 Å². The van der Waals surface area contributed by atoms with Crippen LogP contribution in [-0.4, -0.2) is 39.9 Å². The smallest absolute Gasteiger partial charge is 0.416 e. The van der Waals surface area contributed by atoms with E-state index in [1.165, 1.54) is 6.07 Å². The fourth-order valence-corrected chi connectivity index (χ4v) is 3.14. The summed E-state index contributed by atoms with van der Waals surface area (Å²) in [6.45, 7) is 3.45. The molecule has 1 aliphatic heterocycles. The first-order chi connectivity index (χ1) is 13.3. The number of hydrogen-bond acceptors (Lipinski definition) is 6. The Bertz CT molecular complexity index is 886. The van der Waals surface area contributed by atoms with Crippen LogP contribution in [-0.2, 0) is 4.74 Å². The first-order valence-electron chi connectivity index (χ1n) is 8.69. The third kappa shape index (κ3) is 4.07. The summed E-state index contributed by atoms with van der Waals surface area (Å²) in [4.78, 5) is 21.1. The molecule has 150 valence electrons. The standard InChI is InChI=1S/C18H19BrF2N4O3/c1-3-15(26)14-8-28-18(27)25(14)16-13(21)7-22-17(24-16)23-9(2)10-4-5-11(19)12(20)6-10/h4-7,9,14-15,26H,3,8H2,1-2H3,(H,22,23,24)/t9-,14+,15+/m0/s1. The van der Waals surface area contributed by atoms with Gasteiger partial charge in [0.05, 0.1) is 22.8 Å². The number of benzene rings is 1. The summed E-state index contributed by atoms with van der Waals surface area (Å²) in [5, 5.41) is 13.1. The van der Waals surface area contributed by atoms with Crippen molar-refractivity contribution in [3.8, 4) is 0 Å². The molecule has 1 fully saturated rings. The van der Waals surface area contributed by atoms with Crippen molar-refractivity contribution in [1.29, 1.82) is 0 Å². The van der Waals surface area contributed by atoms with Gasteiger partial charge in [-0.2, -0.15) is 4.98 Å². The first kappa shape index (κ1) is 20.4. The molecule has 3 atom stereocenters. The number of nitrogens with zero attached hydrogens (tertiary/aromatic N) is 3. The highest BCUT2D eigenvalue weighted by molar-refractivity contribution is 9.10. The van der Waals surface area contributed by atoms with Crippen LogP contribution in [0.2, 0.25) is 0 Å². The average molecular weight is 457 g/mol. The normalized spacial score (nSPS) is 18.7. The molecule has 1 saturated heterocycles. The van der Waals surface area contributed by atoms with E-state index in [4.69, 9.17) is 4.74 Å². The Hall–Kier alpha value is -2.33. The minimum atomic E-state index is -0.887. The van der Waals surface area contributed by atoms with E-state index in [2.05, 4.69) is 31.2 Å². The Morgan fingerprint density at radius 1 is 1.43 bits per heavy atom. The van der Waals surface area contributed by atoms with Gasteiger partial charge >= 0.3 is 6.09 Å². The molecule has 0 aliphatic carbocycles. The van der Waals surface area contributed by atoms with Gasteiger partial charge < -0.3 is 15.2 Å². The summed E-state index contributed by atoms with van der Waals surface area (Å²) in [5.41, 5.74) is 0.634. The molecular weight excluding hydrogens is 438 g/mol. The van der Waals surface area contributed by atoms with E-state index in [1.54, 1.807) is 26.0 Å². The number of cyclic esters (lactones) is 1. The predicted octanol–water partition coefficient (Wildman–Crippen LogP) is 3.79. The molecule has 2 heterocycles. The Labute approximate surface area is 168 Å². The molecule has 1 aliphatic rings. The van der Waals surface area contributed by atoms with Gasteiger partial charge in [-0.1, -0.05) is 13.0 Å². The summed E-state index contributed by atoms with van der Waals surface area (Å²) in [6, 6.07) is 3.53. The monoisotopic (exact) mass is 456 g/mol. The predicted molar refractivity (Wildman–Crippen MR) is 102 cm³/mol.